The Hall–Kier alpha value is -4.17. The Morgan fingerprint density at radius 2 is 1.19 bits per heavy atom. The second-order valence-corrected chi connectivity index (χ2v) is 22.7. The third-order valence-corrected chi connectivity index (χ3v) is 14.5. The number of fused-ring (bicyclic) bond motifs is 4. The van der Waals surface area contributed by atoms with E-state index in [0.717, 1.165) is 88.3 Å². The van der Waals surface area contributed by atoms with Gasteiger partial charge in [-0.05, 0) is 126 Å². The molecule has 0 spiro atoms. The predicted octanol–water partition coefficient (Wildman–Crippen LogP) is 12.8. The highest BCUT2D eigenvalue weighted by molar-refractivity contribution is 9.10. The van der Waals surface area contributed by atoms with Crippen molar-refractivity contribution in [2.75, 3.05) is 24.1 Å². The fraction of sp³-hybridized carbons (Fsp3) is 0.318. The number of aromatic nitrogens is 2. The summed E-state index contributed by atoms with van der Waals surface area (Å²) in [4.78, 5) is 61.8. The molecule has 19 heteroatoms. The topological polar surface area (TPSA) is 157 Å². The average Bonchev–Trinajstić information content (AvgIpc) is 3.97. The molecule has 0 unspecified atom stereocenters. The van der Waals surface area contributed by atoms with Crippen molar-refractivity contribution in [3.05, 3.63) is 91.5 Å². The molecule has 8 rings (SSSR count). The van der Waals surface area contributed by atoms with Gasteiger partial charge < -0.3 is 30.3 Å². The lowest BCUT2D eigenvalue weighted by Gasteiger charge is -2.30. The monoisotopic (exact) mass is 1070 g/mol. The molecule has 0 bridgehead atoms. The second-order valence-electron chi connectivity index (χ2n) is 16.2. The van der Waals surface area contributed by atoms with E-state index in [9.17, 15) is 19.2 Å². The molecular formula is C44H45Br2ClN6O6S4. The molecular weight excluding hydrogens is 1030 g/mol. The Labute approximate surface area is 403 Å². The summed E-state index contributed by atoms with van der Waals surface area (Å²) in [6, 6.07) is 12.1. The van der Waals surface area contributed by atoms with Crippen LogP contribution in [0.15, 0.2) is 70.7 Å². The number of rotatable bonds is 5. The molecule has 2 aliphatic heterocycles. The molecule has 332 valence electrons. The highest BCUT2D eigenvalue weighted by Crippen LogP contribution is 2.47. The molecule has 0 radical (unpaired) electrons. The zero-order valence-corrected chi connectivity index (χ0v) is 42.6. The van der Waals surface area contributed by atoms with Crippen LogP contribution in [0.5, 0.6) is 0 Å². The maximum absolute atomic E-state index is 12.6. The summed E-state index contributed by atoms with van der Waals surface area (Å²) in [6.07, 6.45) is 3.13. The van der Waals surface area contributed by atoms with Gasteiger partial charge in [0.15, 0.2) is 0 Å². The van der Waals surface area contributed by atoms with Gasteiger partial charge in [0.2, 0.25) is 11.1 Å². The number of hydrogen-bond donors (Lipinski definition) is 2. The maximum atomic E-state index is 12.6. The van der Waals surface area contributed by atoms with E-state index >= 15 is 0 Å². The number of benzene rings is 2. The smallest absolute Gasteiger partial charge is 0.410 e. The van der Waals surface area contributed by atoms with Crippen molar-refractivity contribution in [2.24, 2.45) is 0 Å². The number of hydrogen-bond acceptors (Lipinski definition) is 13. The molecule has 4 aromatic heterocycles. The summed E-state index contributed by atoms with van der Waals surface area (Å²) < 4.78 is 15.3. The van der Waals surface area contributed by atoms with Crippen LogP contribution in [-0.4, -0.2) is 67.4 Å². The summed E-state index contributed by atoms with van der Waals surface area (Å²) in [7, 11) is 0. The first-order chi connectivity index (χ1) is 29.6. The van der Waals surface area contributed by atoms with Crippen LogP contribution in [0.4, 0.5) is 19.6 Å². The third-order valence-electron chi connectivity index (χ3n) is 9.16. The van der Waals surface area contributed by atoms with Crippen LogP contribution in [0.1, 0.15) is 62.4 Å². The molecule has 0 saturated heterocycles. The Morgan fingerprint density at radius 3 is 1.63 bits per heavy atom. The third kappa shape index (κ3) is 12.1. The van der Waals surface area contributed by atoms with Crippen LogP contribution >= 0.6 is 88.8 Å². The number of thiophene rings is 2. The molecule has 0 aliphatic carbocycles. The van der Waals surface area contributed by atoms with Gasteiger partial charge in [0.25, 0.3) is 0 Å². The first-order valence-corrected chi connectivity index (χ1v) is 24.7. The predicted molar refractivity (Wildman–Crippen MR) is 266 cm³/mol. The number of ether oxygens (including phenoxy) is 2. The van der Waals surface area contributed by atoms with Crippen molar-refractivity contribution in [3.63, 3.8) is 0 Å². The van der Waals surface area contributed by atoms with Gasteiger partial charge >= 0.3 is 12.2 Å². The summed E-state index contributed by atoms with van der Waals surface area (Å²) >= 11 is 18.0. The van der Waals surface area contributed by atoms with E-state index < -0.39 is 16.4 Å². The molecule has 2 aliphatic rings. The molecule has 0 fully saturated rings. The van der Waals surface area contributed by atoms with Crippen LogP contribution in [0.2, 0.25) is 0 Å². The van der Waals surface area contributed by atoms with Crippen LogP contribution in [0, 0.1) is 0 Å². The highest BCUT2D eigenvalue weighted by Gasteiger charge is 2.33. The number of allylic oxidation sites excluding steroid dienone is 1. The zero-order chi connectivity index (χ0) is 46.0. The van der Waals surface area contributed by atoms with Crippen LogP contribution in [0.3, 0.4) is 0 Å². The van der Waals surface area contributed by atoms with E-state index in [1.807, 2.05) is 71.9 Å². The summed E-state index contributed by atoms with van der Waals surface area (Å²) in [5.41, 5.74) is 11.5. The molecule has 6 aromatic rings. The zero-order valence-electron chi connectivity index (χ0n) is 35.4. The molecule has 3 N–H and O–H groups in total. The van der Waals surface area contributed by atoms with E-state index in [-0.39, 0.29) is 18.1 Å². The average molecular weight is 1080 g/mol. The van der Waals surface area contributed by atoms with Gasteiger partial charge in [0.1, 0.15) is 26.2 Å². The van der Waals surface area contributed by atoms with Gasteiger partial charge in [0.05, 0.1) is 38.5 Å². The first kappa shape index (κ1) is 48.3. The Morgan fingerprint density at radius 1 is 0.746 bits per heavy atom. The number of halogens is 3. The lowest BCUT2D eigenvalue weighted by atomic mass is 10.0. The lowest BCUT2D eigenvalue weighted by molar-refractivity contribution is -0.112. The van der Waals surface area contributed by atoms with Crippen molar-refractivity contribution < 1.29 is 28.7 Å². The molecule has 12 nitrogen and oxygen atoms in total. The van der Waals surface area contributed by atoms with Crippen molar-refractivity contribution in [1.82, 2.24) is 19.8 Å². The largest absolute Gasteiger partial charge is 0.444 e. The standard InChI is InChI=1S/C22H22BrN3O3S2.C19H20BrN3O2S2.C3H3ClO/c1-5-17(27)25-20-18(19-24-14-7-6-12(23)10-15(14)30-19)13-8-9-26(11-16(13)31-20)21(28)29-22(2,3)4;1-19(2,3)25-18(24)23-7-6-11-14(9-23)26-16(21)15(11)17-22-12-5-4-10(20)8-13(12)27-17;1-2-3(4)5/h5-7,10H,1,8-9,11H2,2-4H3,(H,25,27);4-5,8H,6-7,9,21H2,1-3H3;2H,1H2. The molecule has 63 heavy (non-hydrogen) atoms. The minimum atomic E-state index is -0.545. The van der Waals surface area contributed by atoms with Gasteiger partial charge in [-0.3, -0.25) is 9.59 Å². The number of carbonyl (C=O) groups excluding carboxylic acids is 4. The number of carbonyl (C=O) groups is 4. The van der Waals surface area contributed by atoms with E-state index in [0.29, 0.717) is 32.6 Å². The van der Waals surface area contributed by atoms with Gasteiger partial charge in [-0.1, -0.05) is 45.0 Å². The van der Waals surface area contributed by atoms with E-state index in [2.05, 4.69) is 56.4 Å². The molecule has 0 saturated carbocycles. The van der Waals surface area contributed by atoms with Gasteiger partial charge in [-0.2, -0.15) is 0 Å². The number of nitrogens with one attached hydrogen (secondary N) is 1. The Balaban J connectivity index is 0.000000191. The van der Waals surface area contributed by atoms with E-state index in [4.69, 9.17) is 36.8 Å². The summed E-state index contributed by atoms with van der Waals surface area (Å²) in [6.45, 7) is 20.0. The fourth-order valence-electron chi connectivity index (χ4n) is 6.52. The summed E-state index contributed by atoms with van der Waals surface area (Å²) in [5.74, 6) is -0.271. The second kappa shape index (κ2) is 19.9. The summed E-state index contributed by atoms with van der Waals surface area (Å²) in [5, 5.41) is 5.74. The Bertz CT molecular complexity index is 2750. The van der Waals surface area contributed by atoms with Gasteiger partial charge in [-0.15, -0.1) is 45.3 Å². The molecule has 3 amide bonds. The van der Waals surface area contributed by atoms with Crippen LogP contribution < -0.4 is 11.1 Å². The van der Waals surface area contributed by atoms with Crippen LogP contribution in [0.25, 0.3) is 41.6 Å². The van der Waals surface area contributed by atoms with Crippen molar-refractivity contribution in [2.45, 2.75) is 78.7 Å². The molecule has 2 aromatic carbocycles. The lowest BCUT2D eigenvalue weighted by Crippen LogP contribution is -2.39. The van der Waals surface area contributed by atoms with Gasteiger partial charge in [0, 0.05) is 42.9 Å². The number of nitrogens with two attached hydrogens (primary N) is 1. The van der Waals surface area contributed by atoms with Crippen LogP contribution in [-0.2, 0) is 45.0 Å². The molecule has 0 atom stereocenters. The number of thiazole rings is 2. The normalized spacial score (nSPS) is 13.5. The molecule has 6 heterocycles. The SMILES string of the molecule is C=CC(=O)Cl.C=CC(=O)Nc1sc2c(c1-c1nc3ccc(Br)cc3s1)CCN(C(=O)OC(C)(C)C)C2.CC(C)(C)OC(=O)N1CCc2c(sc(N)c2-c2nc3ccc(Br)cc3s2)C1. The quantitative estimate of drug-likeness (QED) is 0.127. The van der Waals surface area contributed by atoms with E-state index in [1.165, 1.54) is 23.0 Å². The number of nitrogens with zero attached hydrogens (tertiary/aromatic N) is 4. The Kier molecular flexibility index (Phi) is 15.3. The minimum absolute atomic E-state index is 0.271. The number of nitrogen functional groups attached to an aromatic ring is 1. The van der Waals surface area contributed by atoms with Crippen molar-refractivity contribution in [1.29, 1.82) is 0 Å². The fourth-order valence-corrected chi connectivity index (χ4v) is 12.2. The first-order valence-electron chi connectivity index (χ1n) is 19.5. The van der Waals surface area contributed by atoms with E-state index in [1.54, 1.807) is 43.8 Å². The minimum Gasteiger partial charge on any atom is -0.444 e. The maximum Gasteiger partial charge on any atom is 0.410 e. The number of anilines is 2. The van der Waals surface area contributed by atoms with Gasteiger partial charge in [-0.25, -0.2) is 19.6 Å². The van der Waals surface area contributed by atoms with Crippen molar-refractivity contribution in [3.8, 4) is 21.1 Å². The number of amides is 3. The van der Waals surface area contributed by atoms with Crippen molar-refractivity contribution >= 4 is 143 Å². The highest BCUT2D eigenvalue weighted by atomic mass is 79.9.